The van der Waals surface area contributed by atoms with Crippen molar-refractivity contribution in [2.75, 3.05) is 6.54 Å². The Balaban J connectivity index is 0.00000121. The zero-order chi connectivity index (χ0) is 13.9. The highest BCUT2D eigenvalue weighted by Gasteiger charge is 2.28. The first-order valence-electron chi connectivity index (χ1n) is 7.16. The van der Waals surface area contributed by atoms with Gasteiger partial charge >= 0.3 is 0 Å². The summed E-state index contributed by atoms with van der Waals surface area (Å²) in [6.07, 6.45) is 4.65. The lowest BCUT2D eigenvalue weighted by Gasteiger charge is -2.11. The predicted octanol–water partition coefficient (Wildman–Crippen LogP) is 2.12. The molecule has 1 fully saturated rings. The summed E-state index contributed by atoms with van der Waals surface area (Å²) >= 11 is 0. The van der Waals surface area contributed by atoms with Gasteiger partial charge in [0, 0.05) is 25.6 Å². The molecule has 1 saturated carbocycles. The van der Waals surface area contributed by atoms with Crippen molar-refractivity contribution in [3.8, 4) is 0 Å². The number of aryl methyl sites for hydroxylation is 1. The Morgan fingerprint density at radius 1 is 1.36 bits per heavy atom. The Morgan fingerprint density at radius 3 is 2.82 bits per heavy atom. The third-order valence-electron chi connectivity index (χ3n) is 3.87. The van der Waals surface area contributed by atoms with Gasteiger partial charge in [0.15, 0.2) is 0 Å². The third-order valence-corrected chi connectivity index (χ3v) is 3.87. The molecule has 7 heteroatoms. The van der Waals surface area contributed by atoms with E-state index in [1.807, 2.05) is 28.8 Å². The van der Waals surface area contributed by atoms with Crippen LogP contribution in [0, 0.1) is 5.92 Å². The number of fused-ring (bicyclic) bond motifs is 1. The van der Waals surface area contributed by atoms with Crippen molar-refractivity contribution in [1.82, 2.24) is 14.9 Å². The number of para-hydroxylation sites is 2. The maximum Gasteiger partial charge on any atom is 0.221 e. The van der Waals surface area contributed by atoms with Gasteiger partial charge in [-0.05, 0) is 30.9 Å². The van der Waals surface area contributed by atoms with Crippen molar-refractivity contribution in [3.63, 3.8) is 0 Å². The zero-order valence-corrected chi connectivity index (χ0v) is 13.9. The largest absolute Gasteiger partial charge is 0.354 e. The van der Waals surface area contributed by atoms with Gasteiger partial charge in [-0.1, -0.05) is 12.1 Å². The first-order valence-corrected chi connectivity index (χ1v) is 7.16. The van der Waals surface area contributed by atoms with Gasteiger partial charge in [0.25, 0.3) is 0 Å². The Kier molecular flexibility index (Phi) is 7.13. The van der Waals surface area contributed by atoms with Crippen LogP contribution in [0.3, 0.4) is 0 Å². The van der Waals surface area contributed by atoms with Crippen LogP contribution in [0.25, 0.3) is 11.0 Å². The van der Waals surface area contributed by atoms with E-state index in [0.29, 0.717) is 25.4 Å². The number of carbonyl (C=O) groups excluding carboxylic acids is 1. The second-order valence-electron chi connectivity index (χ2n) is 5.48. The summed E-state index contributed by atoms with van der Waals surface area (Å²) in [5, 5.41) is 2.92. The molecule has 1 aliphatic rings. The molecule has 0 spiro atoms. The zero-order valence-electron chi connectivity index (χ0n) is 12.3. The smallest absolute Gasteiger partial charge is 0.221 e. The highest BCUT2D eigenvalue weighted by atomic mass is 35.5. The Labute approximate surface area is 142 Å². The van der Waals surface area contributed by atoms with E-state index in [4.69, 9.17) is 5.73 Å². The average molecular weight is 345 g/mol. The van der Waals surface area contributed by atoms with Crippen LogP contribution in [-0.2, 0) is 11.3 Å². The molecule has 1 unspecified atom stereocenters. The van der Waals surface area contributed by atoms with Crippen molar-refractivity contribution in [3.05, 3.63) is 30.6 Å². The summed E-state index contributed by atoms with van der Waals surface area (Å²) in [6.45, 7) is 1.24. The molecule has 0 bridgehead atoms. The second-order valence-corrected chi connectivity index (χ2v) is 5.48. The van der Waals surface area contributed by atoms with Crippen LogP contribution in [0.2, 0.25) is 0 Å². The van der Waals surface area contributed by atoms with Crippen molar-refractivity contribution < 1.29 is 4.79 Å². The molecule has 0 aliphatic heterocycles. The number of nitrogens with two attached hydrogens (primary N) is 1. The van der Waals surface area contributed by atoms with Crippen molar-refractivity contribution in [2.24, 2.45) is 11.7 Å². The highest BCUT2D eigenvalue weighted by molar-refractivity contribution is 5.85. The van der Waals surface area contributed by atoms with E-state index in [-0.39, 0.29) is 36.8 Å². The molecule has 1 aliphatic carbocycles. The van der Waals surface area contributed by atoms with E-state index in [1.165, 1.54) is 12.8 Å². The van der Waals surface area contributed by atoms with Crippen LogP contribution in [0.4, 0.5) is 0 Å². The Bertz CT molecular complexity index is 612. The first kappa shape index (κ1) is 18.7. The molecule has 122 valence electrons. The standard InChI is InChI=1S/C15H20N4O.2ClH/c16-12(11-5-6-11)9-17-15(20)7-8-19-10-18-13-3-1-2-4-14(13)19;;/h1-4,10-12H,5-9,16H2,(H,17,20);2*1H. The number of halogens is 2. The summed E-state index contributed by atoms with van der Waals surface area (Å²) in [4.78, 5) is 16.1. The average Bonchev–Trinajstić information content (AvgIpc) is 3.24. The summed E-state index contributed by atoms with van der Waals surface area (Å²) in [7, 11) is 0. The minimum Gasteiger partial charge on any atom is -0.354 e. The number of hydrogen-bond acceptors (Lipinski definition) is 3. The fourth-order valence-electron chi connectivity index (χ4n) is 2.42. The third kappa shape index (κ3) is 4.60. The normalized spacial score (nSPS) is 14.8. The summed E-state index contributed by atoms with van der Waals surface area (Å²) < 4.78 is 2.01. The van der Waals surface area contributed by atoms with Gasteiger partial charge in [-0.25, -0.2) is 4.98 Å². The highest BCUT2D eigenvalue weighted by Crippen LogP contribution is 2.31. The van der Waals surface area contributed by atoms with Gasteiger partial charge in [-0.3, -0.25) is 4.79 Å². The molecular weight excluding hydrogens is 323 g/mol. The maximum atomic E-state index is 11.8. The number of nitrogens with one attached hydrogen (secondary N) is 1. The number of aromatic nitrogens is 2. The van der Waals surface area contributed by atoms with Gasteiger partial charge in [0.1, 0.15) is 0 Å². The predicted molar refractivity (Wildman–Crippen MR) is 92.6 cm³/mol. The number of carbonyl (C=O) groups is 1. The number of benzene rings is 1. The molecule has 1 aromatic heterocycles. The van der Waals surface area contributed by atoms with E-state index in [1.54, 1.807) is 6.33 Å². The van der Waals surface area contributed by atoms with E-state index in [2.05, 4.69) is 10.3 Å². The molecule has 0 saturated heterocycles. The lowest BCUT2D eigenvalue weighted by Crippen LogP contribution is -2.38. The quantitative estimate of drug-likeness (QED) is 0.842. The van der Waals surface area contributed by atoms with Gasteiger partial charge in [-0.2, -0.15) is 0 Å². The van der Waals surface area contributed by atoms with Gasteiger partial charge in [0.05, 0.1) is 17.4 Å². The fraction of sp³-hybridized carbons (Fsp3) is 0.467. The molecule has 0 radical (unpaired) electrons. The Hall–Kier alpha value is -1.30. The number of nitrogens with zero attached hydrogens (tertiary/aromatic N) is 2. The van der Waals surface area contributed by atoms with E-state index < -0.39 is 0 Å². The van der Waals surface area contributed by atoms with Crippen LogP contribution in [-0.4, -0.2) is 28.0 Å². The molecule has 22 heavy (non-hydrogen) atoms. The lowest BCUT2D eigenvalue weighted by molar-refractivity contribution is -0.121. The minimum atomic E-state index is 0. The first-order chi connectivity index (χ1) is 9.74. The minimum absolute atomic E-state index is 0. The molecule has 1 heterocycles. The number of rotatable bonds is 6. The second kappa shape index (κ2) is 8.36. The molecule has 3 N–H and O–H groups in total. The molecule has 1 amide bonds. The van der Waals surface area contributed by atoms with Gasteiger partial charge in [-0.15, -0.1) is 24.8 Å². The van der Waals surface area contributed by atoms with E-state index >= 15 is 0 Å². The Morgan fingerprint density at radius 2 is 2.09 bits per heavy atom. The SMILES string of the molecule is Cl.Cl.NC(CNC(=O)CCn1cnc2ccccc21)C1CC1. The van der Waals surface area contributed by atoms with Crippen LogP contribution < -0.4 is 11.1 Å². The van der Waals surface area contributed by atoms with Crippen molar-refractivity contribution in [1.29, 1.82) is 0 Å². The van der Waals surface area contributed by atoms with Crippen LogP contribution in [0.1, 0.15) is 19.3 Å². The van der Waals surface area contributed by atoms with E-state index in [0.717, 1.165) is 11.0 Å². The van der Waals surface area contributed by atoms with Crippen LogP contribution in [0.15, 0.2) is 30.6 Å². The summed E-state index contributed by atoms with van der Waals surface area (Å²) in [5.41, 5.74) is 7.99. The molecule has 2 aromatic rings. The number of hydrogen-bond donors (Lipinski definition) is 2. The molecule has 5 nitrogen and oxygen atoms in total. The van der Waals surface area contributed by atoms with Crippen LogP contribution >= 0.6 is 24.8 Å². The fourth-order valence-corrected chi connectivity index (χ4v) is 2.42. The number of imidazole rings is 1. The van der Waals surface area contributed by atoms with Crippen molar-refractivity contribution >= 4 is 41.8 Å². The van der Waals surface area contributed by atoms with E-state index in [9.17, 15) is 4.79 Å². The lowest BCUT2D eigenvalue weighted by atomic mass is 10.2. The molecule has 1 aromatic carbocycles. The van der Waals surface area contributed by atoms with Gasteiger partial charge < -0.3 is 15.6 Å². The van der Waals surface area contributed by atoms with Crippen molar-refractivity contribution in [2.45, 2.75) is 31.8 Å². The van der Waals surface area contributed by atoms with Crippen LogP contribution in [0.5, 0.6) is 0 Å². The topological polar surface area (TPSA) is 72.9 Å². The summed E-state index contributed by atoms with van der Waals surface area (Å²) in [5.74, 6) is 0.673. The van der Waals surface area contributed by atoms with Gasteiger partial charge in [0.2, 0.25) is 5.91 Å². The summed E-state index contributed by atoms with van der Waals surface area (Å²) in [6, 6.07) is 8.05. The molecule has 1 atom stereocenters. The number of amides is 1. The molecule has 3 rings (SSSR count). The monoisotopic (exact) mass is 344 g/mol. The molecular formula is C15H22Cl2N4O. The maximum absolute atomic E-state index is 11.8.